The van der Waals surface area contributed by atoms with Crippen molar-refractivity contribution in [2.24, 2.45) is 11.3 Å². The Morgan fingerprint density at radius 1 is 1.37 bits per heavy atom. The number of carbonyl (C=O) groups is 1. The molecular formula is C15H28N2O2. The zero-order valence-electron chi connectivity index (χ0n) is 13.0. The molecule has 0 saturated heterocycles. The average Bonchev–Trinajstić information content (AvgIpc) is 2.35. The van der Waals surface area contributed by atoms with Gasteiger partial charge in [-0.25, -0.2) is 0 Å². The van der Waals surface area contributed by atoms with Crippen molar-refractivity contribution >= 4 is 5.97 Å². The summed E-state index contributed by atoms with van der Waals surface area (Å²) in [5, 5.41) is 12.2. The van der Waals surface area contributed by atoms with Crippen LogP contribution in [0, 0.1) is 22.7 Å². The largest absolute Gasteiger partial charge is 0.468 e. The van der Waals surface area contributed by atoms with Crippen LogP contribution in [0.4, 0.5) is 0 Å². The number of unbranched alkanes of at least 4 members (excludes halogenated alkanes) is 1. The Bertz CT molecular complexity index is 306. The first-order valence-electron chi connectivity index (χ1n) is 7.05. The van der Waals surface area contributed by atoms with E-state index >= 15 is 0 Å². The second kappa shape index (κ2) is 8.92. The molecule has 19 heavy (non-hydrogen) atoms. The fourth-order valence-corrected chi connectivity index (χ4v) is 1.90. The molecule has 0 aliphatic heterocycles. The predicted octanol–water partition coefficient (Wildman–Crippen LogP) is 2.88. The summed E-state index contributed by atoms with van der Waals surface area (Å²) >= 11 is 0. The fourth-order valence-electron chi connectivity index (χ4n) is 1.90. The number of ether oxygens (including phenoxy) is 1. The number of rotatable bonds is 9. The van der Waals surface area contributed by atoms with E-state index in [-0.39, 0.29) is 17.4 Å². The number of nitrogens with zero attached hydrogens (tertiary/aromatic N) is 1. The minimum Gasteiger partial charge on any atom is -0.468 e. The lowest BCUT2D eigenvalue weighted by Crippen LogP contribution is -2.39. The van der Waals surface area contributed by atoms with E-state index in [9.17, 15) is 4.79 Å². The lowest BCUT2D eigenvalue weighted by Gasteiger charge is -2.19. The minimum absolute atomic E-state index is 0.189. The van der Waals surface area contributed by atoms with Gasteiger partial charge in [0, 0.05) is 0 Å². The van der Waals surface area contributed by atoms with Gasteiger partial charge in [0.1, 0.15) is 6.04 Å². The van der Waals surface area contributed by atoms with Gasteiger partial charge in [-0.15, -0.1) is 0 Å². The summed E-state index contributed by atoms with van der Waals surface area (Å²) in [6, 6.07) is 2.09. The van der Waals surface area contributed by atoms with E-state index in [0.29, 0.717) is 5.92 Å². The molecule has 0 aliphatic rings. The first-order valence-corrected chi connectivity index (χ1v) is 7.05. The molecule has 0 heterocycles. The number of hydrogen-bond donors (Lipinski definition) is 1. The quantitative estimate of drug-likeness (QED) is 0.516. The Hall–Kier alpha value is -1.08. The Kier molecular flexibility index (Phi) is 8.42. The van der Waals surface area contributed by atoms with E-state index in [1.54, 1.807) is 0 Å². The van der Waals surface area contributed by atoms with Crippen LogP contribution < -0.4 is 5.32 Å². The molecular weight excluding hydrogens is 240 g/mol. The minimum atomic E-state index is -0.250. The van der Waals surface area contributed by atoms with Crippen molar-refractivity contribution in [1.82, 2.24) is 5.32 Å². The number of hydrogen-bond acceptors (Lipinski definition) is 4. The summed E-state index contributed by atoms with van der Waals surface area (Å²) in [7, 11) is 1.42. The summed E-state index contributed by atoms with van der Waals surface area (Å²) < 4.78 is 4.80. The SMILES string of the molecule is COC(=O)C(CC(C)C)NCCCCC(C)(C)C#N. The first-order chi connectivity index (χ1) is 8.82. The van der Waals surface area contributed by atoms with Crippen molar-refractivity contribution in [3.8, 4) is 6.07 Å². The third kappa shape index (κ3) is 8.61. The number of carbonyl (C=O) groups excluding carboxylic acids is 1. The van der Waals surface area contributed by atoms with Crippen molar-refractivity contribution in [3.05, 3.63) is 0 Å². The Balaban J connectivity index is 3.94. The van der Waals surface area contributed by atoms with Gasteiger partial charge in [-0.3, -0.25) is 4.79 Å². The Morgan fingerprint density at radius 2 is 2.00 bits per heavy atom. The third-order valence-electron chi connectivity index (χ3n) is 3.11. The zero-order valence-corrected chi connectivity index (χ0v) is 13.0. The number of nitriles is 1. The van der Waals surface area contributed by atoms with Gasteiger partial charge in [0.05, 0.1) is 18.6 Å². The maximum atomic E-state index is 11.6. The lowest BCUT2D eigenvalue weighted by atomic mass is 9.89. The molecule has 0 aromatic heterocycles. The molecule has 0 amide bonds. The predicted molar refractivity (Wildman–Crippen MR) is 76.5 cm³/mol. The highest BCUT2D eigenvalue weighted by atomic mass is 16.5. The van der Waals surface area contributed by atoms with Gasteiger partial charge in [-0.05, 0) is 45.6 Å². The second-order valence-corrected chi connectivity index (χ2v) is 6.11. The van der Waals surface area contributed by atoms with E-state index < -0.39 is 0 Å². The molecule has 0 bridgehead atoms. The highest BCUT2D eigenvalue weighted by Gasteiger charge is 2.20. The Labute approximate surface area is 117 Å². The fraction of sp³-hybridized carbons (Fsp3) is 0.867. The highest BCUT2D eigenvalue weighted by Crippen LogP contribution is 2.21. The number of nitrogens with one attached hydrogen (secondary N) is 1. The zero-order chi connectivity index (χ0) is 14.9. The molecule has 0 radical (unpaired) electrons. The highest BCUT2D eigenvalue weighted by molar-refractivity contribution is 5.75. The molecule has 4 nitrogen and oxygen atoms in total. The molecule has 0 aromatic carbocycles. The van der Waals surface area contributed by atoms with Crippen LogP contribution >= 0.6 is 0 Å². The maximum Gasteiger partial charge on any atom is 0.322 e. The normalized spacial score (nSPS) is 13.1. The molecule has 1 unspecified atom stereocenters. The molecule has 1 atom stereocenters. The van der Waals surface area contributed by atoms with Gasteiger partial charge in [-0.2, -0.15) is 5.26 Å². The molecule has 0 spiro atoms. The summed E-state index contributed by atoms with van der Waals surface area (Å²) in [6.45, 7) is 8.88. The lowest BCUT2D eigenvalue weighted by molar-refractivity contribution is -0.143. The van der Waals surface area contributed by atoms with Crippen molar-refractivity contribution < 1.29 is 9.53 Å². The molecule has 0 fully saturated rings. The monoisotopic (exact) mass is 268 g/mol. The third-order valence-corrected chi connectivity index (χ3v) is 3.11. The van der Waals surface area contributed by atoms with Crippen LogP contribution in [0.5, 0.6) is 0 Å². The maximum absolute atomic E-state index is 11.6. The van der Waals surface area contributed by atoms with Crippen LogP contribution in [-0.4, -0.2) is 25.7 Å². The molecule has 0 aliphatic carbocycles. The van der Waals surface area contributed by atoms with Gasteiger partial charge in [-0.1, -0.05) is 20.3 Å². The first kappa shape index (κ1) is 17.9. The average molecular weight is 268 g/mol. The second-order valence-electron chi connectivity index (χ2n) is 6.11. The van der Waals surface area contributed by atoms with Gasteiger partial charge in [0.15, 0.2) is 0 Å². The summed E-state index contributed by atoms with van der Waals surface area (Å²) in [6.07, 6.45) is 3.63. The van der Waals surface area contributed by atoms with Gasteiger partial charge in [0.25, 0.3) is 0 Å². The van der Waals surface area contributed by atoms with Crippen molar-refractivity contribution in [2.75, 3.05) is 13.7 Å². The van der Waals surface area contributed by atoms with E-state index in [1.807, 2.05) is 13.8 Å². The summed E-state index contributed by atoms with van der Waals surface area (Å²) in [5.41, 5.74) is -0.250. The topological polar surface area (TPSA) is 62.1 Å². The van der Waals surface area contributed by atoms with Crippen LogP contribution in [0.1, 0.15) is 53.4 Å². The van der Waals surface area contributed by atoms with E-state index in [4.69, 9.17) is 10.00 Å². The van der Waals surface area contributed by atoms with Crippen LogP contribution in [0.25, 0.3) is 0 Å². The molecule has 1 N–H and O–H groups in total. The number of methoxy groups -OCH3 is 1. The van der Waals surface area contributed by atoms with E-state index in [1.165, 1.54) is 7.11 Å². The molecule has 0 rings (SSSR count). The van der Waals surface area contributed by atoms with Gasteiger partial charge in [0.2, 0.25) is 0 Å². The smallest absolute Gasteiger partial charge is 0.322 e. The van der Waals surface area contributed by atoms with Crippen molar-refractivity contribution in [1.29, 1.82) is 5.26 Å². The van der Waals surface area contributed by atoms with Crippen LogP contribution in [0.2, 0.25) is 0 Å². The van der Waals surface area contributed by atoms with E-state index in [2.05, 4.69) is 25.2 Å². The number of esters is 1. The molecule has 0 aromatic rings. The molecule has 4 heteroatoms. The van der Waals surface area contributed by atoms with Gasteiger partial charge < -0.3 is 10.1 Å². The van der Waals surface area contributed by atoms with Crippen molar-refractivity contribution in [3.63, 3.8) is 0 Å². The van der Waals surface area contributed by atoms with Crippen LogP contribution in [-0.2, 0) is 9.53 Å². The molecule has 0 saturated carbocycles. The summed E-state index contributed by atoms with van der Waals surface area (Å²) in [5.74, 6) is 0.264. The van der Waals surface area contributed by atoms with Crippen molar-refractivity contribution in [2.45, 2.75) is 59.4 Å². The van der Waals surface area contributed by atoms with Crippen LogP contribution in [0.3, 0.4) is 0 Å². The molecule has 110 valence electrons. The van der Waals surface area contributed by atoms with Gasteiger partial charge >= 0.3 is 5.97 Å². The Morgan fingerprint density at radius 3 is 2.47 bits per heavy atom. The standard InChI is InChI=1S/C15H28N2O2/c1-12(2)10-13(14(18)19-5)17-9-7-6-8-15(3,4)11-16/h12-13,17H,6-10H2,1-5H3. The summed E-state index contributed by atoms with van der Waals surface area (Å²) in [4.78, 5) is 11.6. The van der Waals surface area contributed by atoms with E-state index in [0.717, 1.165) is 32.2 Å². The van der Waals surface area contributed by atoms with Crippen LogP contribution in [0.15, 0.2) is 0 Å².